The van der Waals surface area contributed by atoms with Crippen LogP contribution in [0.4, 0.5) is 57.9 Å². The Morgan fingerprint density at radius 3 is 1.82 bits per heavy atom. The summed E-state index contributed by atoms with van der Waals surface area (Å²) in [6.45, 7) is 10.9. The lowest BCUT2D eigenvalue weighted by molar-refractivity contribution is -0.667. The van der Waals surface area contributed by atoms with E-state index in [0.717, 1.165) is 63.8 Å². The number of allylic oxidation sites excluding steroid dienone is 2. The van der Waals surface area contributed by atoms with Gasteiger partial charge in [0.15, 0.2) is 6.20 Å². The second-order valence-corrected chi connectivity index (χ2v) is 17.0. The van der Waals surface area contributed by atoms with Crippen molar-refractivity contribution in [2.75, 3.05) is 57.7 Å². The monoisotopic (exact) mass is 943 g/mol. The van der Waals surface area contributed by atoms with Gasteiger partial charge in [0.05, 0.1) is 22.5 Å². The van der Waals surface area contributed by atoms with Crippen LogP contribution < -0.4 is 31.2 Å². The number of aromatic nitrogens is 7. The van der Waals surface area contributed by atoms with Gasteiger partial charge in [0.2, 0.25) is 39.9 Å². The Morgan fingerprint density at radius 2 is 1.22 bits per heavy atom. The molecule has 0 bridgehead atoms. The highest BCUT2D eigenvalue weighted by molar-refractivity contribution is 8.76. The minimum atomic E-state index is 0.0678. The van der Waals surface area contributed by atoms with Gasteiger partial charge in [-0.2, -0.15) is 44.7 Å². The van der Waals surface area contributed by atoms with Gasteiger partial charge in [-0.15, -0.1) is 10.2 Å². The standard InChI is InChI=1S/C45H44Cl2N16S2/c1-4-11-37(34-12-7-9-14-36(34)48-5-2)61-59-32-20-16-30(17-21-32)51-44-55-40(46)53-42(57-44)49-25-28-64-65-29-26-50-43-54-41(47)56-45(58-43)52-31-18-22-33(23-19-31)60-62-38-24-27-63(6-3)39-15-10-8-13-35(38)39/h4,7-24,27,48H,1,5-6,25-26,28-29H2,2-3H3,(H3,49,50,51,53,54,55,56,57,58,61)/p+1/b37-11+. The number of pyridine rings is 1. The average Bonchev–Trinajstić information content (AvgIpc) is 3.31. The zero-order valence-electron chi connectivity index (χ0n) is 35.5. The van der Waals surface area contributed by atoms with Crippen molar-refractivity contribution in [2.24, 2.45) is 20.5 Å². The zero-order valence-corrected chi connectivity index (χ0v) is 38.6. The Bertz CT molecular complexity index is 2790. The molecule has 0 saturated carbocycles. The number of anilines is 7. The number of rotatable bonds is 22. The Morgan fingerprint density at radius 1 is 0.646 bits per heavy atom. The molecular weight excluding hydrogens is 900 g/mol. The van der Waals surface area contributed by atoms with Gasteiger partial charge < -0.3 is 26.6 Å². The summed E-state index contributed by atoms with van der Waals surface area (Å²) in [5.74, 6) is 2.93. The smallest absolute Gasteiger partial charge is 0.233 e. The van der Waals surface area contributed by atoms with Gasteiger partial charge in [-0.05, 0) is 104 Å². The molecule has 0 atom stereocenters. The molecule has 0 fully saturated rings. The highest BCUT2D eigenvalue weighted by Gasteiger charge is 2.12. The van der Waals surface area contributed by atoms with Gasteiger partial charge in [-0.25, -0.2) is 0 Å². The number of benzene rings is 4. The first kappa shape index (κ1) is 46.3. The number of aryl methyl sites for hydroxylation is 1. The summed E-state index contributed by atoms with van der Waals surface area (Å²) in [6.07, 6.45) is 5.56. The minimum Gasteiger partial charge on any atom is -0.385 e. The summed E-state index contributed by atoms with van der Waals surface area (Å²) < 4.78 is 2.18. The second kappa shape index (κ2) is 23.8. The fraction of sp³-hybridized carbons (Fsp3) is 0.178. The number of nitrogens with zero attached hydrogens (tertiary/aromatic N) is 11. The van der Waals surface area contributed by atoms with Crippen LogP contribution in [0, 0.1) is 0 Å². The average molecular weight is 945 g/mol. The lowest BCUT2D eigenvalue weighted by Crippen LogP contribution is -2.32. The van der Waals surface area contributed by atoms with Crippen molar-refractivity contribution in [1.82, 2.24) is 29.9 Å². The third kappa shape index (κ3) is 13.6. The molecule has 4 aromatic carbocycles. The van der Waals surface area contributed by atoms with E-state index in [0.29, 0.717) is 54.0 Å². The van der Waals surface area contributed by atoms with Gasteiger partial charge in [-0.1, -0.05) is 64.6 Å². The molecule has 0 aliphatic heterocycles. The van der Waals surface area contributed by atoms with Crippen molar-refractivity contribution >= 4 is 119 Å². The quantitative estimate of drug-likeness (QED) is 0.0142. The maximum atomic E-state index is 6.25. The van der Waals surface area contributed by atoms with Crippen LogP contribution in [0.5, 0.6) is 0 Å². The molecule has 0 spiro atoms. The molecule has 16 nitrogen and oxygen atoms in total. The number of azo groups is 2. The van der Waals surface area contributed by atoms with E-state index in [1.54, 1.807) is 27.7 Å². The molecule has 7 rings (SSSR count). The summed E-state index contributed by atoms with van der Waals surface area (Å²) in [4.78, 5) is 25.9. The van der Waals surface area contributed by atoms with E-state index in [9.17, 15) is 0 Å². The highest BCUT2D eigenvalue weighted by Crippen LogP contribution is 2.29. The summed E-state index contributed by atoms with van der Waals surface area (Å²) in [5, 5.41) is 35.3. The fourth-order valence-electron chi connectivity index (χ4n) is 6.18. The first-order chi connectivity index (χ1) is 31.9. The number of halogens is 2. The van der Waals surface area contributed by atoms with E-state index in [2.05, 4.69) is 107 Å². The van der Waals surface area contributed by atoms with Crippen molar-refractivity contribution in [3.8, 4) is 0 Å². The first-order valence-corrected chi connectivity index (χ1v) is 23.8. The maximum absolute atomic E-state index is 6.25. The number of hydrogen-bond acceptors (Lipinski definition) is 17. The van der Waals surface area contributed by atoms with Gasteiger partial charge >= 0.3 is 0 Å². The van der Waals surface area contributed by atoms with Crippen molar-refractivity contribution in [2.45, 2.75) is 20.4 Å². The van der Waals surface area contributed by atoms with Crippen molar-refractivity contribution in [1.29, 1.82) is 0 Å². The van der Waals surface area contributed by atoms with Gasteiger partial charge in [0, 0.05) is 65.9 Å². The molecule has 0 aliphatic carbocycles. The molecule has 330 valence electrons. The molecule has 0 radical (unpaired) electrons. The molecule has 7 aromatic rings. The normalized spacial score (nSPS) is 11.6. The zero-order chi connectivity index (χ0) is 45.2. The molecule has 3 heterocycles. The first-order valence-electron chi connectivity index (χ1n) is 20.6. The summed E-state index contributed by atoms with van der Waals surface area (Å²) in [7, 11) is 3.40. The number of fused-ring (bicyclic) bond motifs is 1. The van der Waals surface area contributed by atoms with Crippen LogP contribution in [-0.4, -0.2) is 61.0 Å². The number of hydrogen-bond donors (Lipinski definition) is 5. The van der Waals surface area contributed by atoms with Gasteiger partial charge in [0.1, 0.15) is 12.2 Å². The van der Waals surface area contributed by atoms with E-state index < -0.39 is 0 Å². The second-order valence-electron chi connectivity index (χ2n) is 13.6. The van der Waals surface area contributed by atoms with Crippen LogP contribution in [0.25, 0.3) is 16.6 Å². The molecule has 20 heteroatoms. The Kier molecular flexibility index (Phi) is 16.9. The predicted molar refractivity (Wildman–Crippen MR) is 268 cm³/mol. The topological polar surface area (TPSA) is 191 Å². The van der Waals surface area contributed by atoms with E-state index in [1.807, 2.05) is 110 Å². The molecule has 65 heavy (non-hydrogen) atoms. The molecule has 5 N–H and O–H groups in total. The Hall–Kier alpha value is -6.73. The van der Waals surface area contributed by atoms with E-state index >= 15 is 0 Å². The SMILES string of the molecule is C=C/C=C(/N=Nc1ccc(Nc2nc(Cl)nc(NCCSSCCNc3nc(Cl)nc(Nc4ccc(N=Nc5cc[n+](CC)c6ccccc56)cc4)n3)n2)cc1)c1ccccc1NCC. The molecule has 0 unspecified atom stereocenters. The maximum Gasteiger partial charge on any atom is 0.233 e. The van der Waals surface area contributed by atoms with Gasteiger partial charge in [0.25, 0.3) is 0 Å². The van der Waals surface area contributed by atoms with Crippen LogP contribution >= 0.6 is 44.8 Å². The van der Waals surface area contributed by atoms with Crippen molar-refractivity contribution < 1.29 is 4.57 Å². The molecular formula is C45H45Cl2N16S2+. The van der Waals surface area contributed by atoms with Crippen molar-refractivity contribution in [3.63, 3.8) is 0 Å². The third-order valence-electron chi connectivity index (χ3n) is 9.12. The third-order valence-corrected chi connectivity index (χ3v) is 11.9. The lowest BCUT2D eigenvalue weighted by atomic mass is 10.1. The molecule has 0 aliphatic rings. The van der Waals surface area contributed by atoms with E-state index in [-0.39, 0.29) is 10.6 Å². The van der Waals surface area contributed by atoms with E-state index in [4.69, 9.17) is 23.2 Å². The largest absolute Gasteiger partial charge is 0.385 e. The predicted octanol–water partition coefficient (Wildman–Crippen LogP) is 12.4. The Labute approximate surface area is 394 Å². The molecule has 0 saturated heterocycles. The molecule has 3 aromatic heterocycles. The fourth-order valence-corrected chi connectivity index (χ4v) is 8.31. The highest BCUT2D eigenvalue weighted by atomic mass is 35.5. The lowest BCUT2D eigenvalue weighted by Gasteiger charge is -2.10. The summed E-state index contributed by atoms with van der Waals surface area (Å²) in [5.41, 5.74) is 7.42. The Balaban J connectivity index is 0.821. The van der Waals surface area contributed by atoms with Crippen LogP contribution in [-0.2, 0) is 6.54 Å². The summed E-state index contributed by atoms with van der Waals surface area (Å²) in [6, 6.07) is 33.0. The van der Waals surface area contributed by atoms with Crippen LogP contribution in [0.3, 0.4) is 0 Å². The number of nitrogens with one attached hydrogen (secondary N) is 5. The molecule has 0 amide bonds. The minimum absolute atomic E-state index is 0.0678. The van der Waals surface area contributed by atoms with E-state index in [1.165, 1.54) is 0 Å². The summed E-state index contributed by atoms with van der Waals surface area (Å²) >= 11 is 12.5. The van der Waals surface area contributed by atoms with Crippen molar-refractivity contribution in [3.05, 3.63) is 144 Å². The van der Waals surface area contributed by atoms with Crippen LogP contribution in [0.2, 0.25) is 10.6 Å². The van der Waals surface area contributed by atoms with Crippen LogP contribution in [0.15, 0.2) is 149 Å². The number of para-hydroxylation sites is 2. The van der Waals surface area contributed by atoms with Gasteiger partial charge in [-0.3, -0.25) is 0 Å². The van der Waals surface area contributed by atoms with Crippen LogP contribution in [0.1, 0.15) is 19.4 Å².